The average Bonchev–Trinajstić information content (AvgIpc) is 2.62. The molecule has 2 rings (SSSR count). The summed E-state index contributed by atoms with van der Waals surface area (Å²) in [6.45, 7) is 11.0. The Morgan fingerprint density at radius 3 is 2.06 bits per heavy atom. The number of nitrogens with one attached hydrogen (secondary N) is 1. The van der Waals surface area contributed by atoms with Gasteiger partial charge in [-0.15, -0.1) is 0 Å². The average molecular weight is 307 g/mol. The highest BCUT2D eigenvalue weighted by Crippen LogP contribution is 2.34. The van der Waals surface area contributed by atoms with Crippen molar-refractivity contribution in [1.82, 2.24) is 9.97 Å². The second kappa shape index (κ2) is 4.54. The Bertz CT molecular complexity index is 553. The highest BCUT2D eigenvalue weighted by molar-refractivity contribution is 9.10. The number of halogens is 1. The Morgan fingerprint density at radius 1 is 1.11 bits per heavy atom. The number of nitrogens with zero attached hydrogens (tertiary/aromatic N) is 1. The molecule has 1 heterocycles. The molecule has 0 atom stereocenters. The highest BCUT2D eigenvalue weighted by Gasteiger charge is 2.18. The molecule has 1 N–H and O–H groups in total. The first-order chi connectivity index (χ1) is 8.30. The van der Waals surface area contributed by atoms with Gasteiger partial charge in [0.05, 0.1) is 6.33 Å². The van der Waals surface area contributed by atoms with E-state index in [-0.39, 0.29) is 5.41 Å². The van der Waals surface area contributed by atoms with E-state index in [4.69, 9.17) is 0 Å². The van der Waals surface area contributed by atoms with Crippen LogP contribution < -0.4 is 0 Å². The lowest BCUT2D eigenvalue weighted by Crippen LogP contribution is -2.12. The number of rotatable bonds is 1. The van der Waals surface area contributed by atoms with Gasteiger partial charge in [0.15, 0.2) is 0 Å². The molecule has 1 aromatic heterocycles. The van der Waals surface area contributed by atoms with Crippen LogP contribution in [0, 0.1) is 13.8 Å². The molecular weight excluding hydrogens is 288 g/mol. The van der Waals surface area contributed by atoms with E-state index in [1.54, 1.807) is 6.33 Å². The molecule has 0 radical (unpaired) electrons. The number of benzene rings is 1. The fourth-order valence-electron chi connectivity index (χ4n) is 2.22. The van der Waals surface area contributed by atoms with Crippen molar-refractivity contribution in [2.75, 3.05) is 0 Å². The predicted molar refractivity (Wildman–Crippen MR) is 79.9 cm³/mol. The third kappa shape index (κ3) is 2.37. The van der Waals surface area contributed by atoms with Crippen molar-refractivity contribution < 1.29 is 0 Å². The van der Waals surface area contributed by atoms with Crippen LogP contribution in [0.15, 0.2) is 23.1 Å². The van der Waals surface area contributed by atoms with Crippen molar-refractivity contribution in [3.8, 4) is 11.3 Å². The van der Waals surface area contributed by atoms with Gasteiger partial charge in [-0.05, 0) is 51.9 Å². The summed E-state index contributed by atoms with van der Waals surface area (Å²) in [5.41, 5.74) is 6.30. The maximum absolute atomic E-state index is 4.40. The van der Waals surface area contributed by atoms with E-state index in [1.165, 1.54) is 22.3 Å². The van der Waals surface area contributed by atoms with Crippen molar-refractivity contribution in [2.45, 2.75) is 40.0 Å². The first kappa shape index (κ1) is 13.3. The molecule has 3 heteroatoms. The Kier molecular flexibility index (Phi) is 3.37. The van der Waals surface area contributed by atoms with Gasteiger partial charge in [0.25, 0.3) is 0 Å². The minimum Gasteiger partial charge on any atom is -0.339 e. The summed E-state index contributed by atoms with van der Waals surface area (Å²) in [5, 5.41) is 0. The number of aromatic amines is 1. The van der Waals surface area contributed by atoms with Crippen LogP contribution in [0.3, 0.4) is 0 Å². The zero-order valence-corrected chi connectivity index (χ0v) is 13.1. The summed E-state index contributed by atoms with van der Waals surface area (Å²) in [6, 6.07) is 4.53. The normalized spacial score (nSPS) is 11.9. The number of aromatic nitrogens is 2. The molecule has 0 unspecified atom stereocenters. The Morgan fingerprint density at radius 2 is 1.67 bits per heavy atom. The smallest absolute Gasteiger partial charge is 0.110 e. The molecule has 0 aliphatic heterocycles. The Labute approximate surface area is 117 Å². The first-order valence-corrected chi connectivity index (χ1v) is 6.91. The van der Waals surface area contributed by atoms with E-state index < -0.39 is 0 Å². The van der Waals surface area contributed by atoms with E-state index in [2.05, 4.69) is 72.6 Å². The zero-order valence-electron chi connectivity index (χ0n) is 11.6. The van der Waals surface area contributed by atoms with Crippen LogP contribution in [0.1, 0.15) is 37.5 Å². The minimum atomic E-state index is 0.177. The summed E-state index contributed by atoms with van der Waals surface area (Å²) in [4.78, 5) is 7.47. The van der Waals surface area contributed by atoms with E-state index in [0.29, 0.717) is 0 Å². The van der Waals surface area contributed by atoms with Gasteiger partial charge in [0, 0.05) is 5.56 Å². The summed E-state index contributed by atoms with van der Waals surface area (Å²) in [5.74, 6) is 0. The van der Waals surface area contributed by atoms with Gasteiger partial charge < -0.3 is 4.98 Å². The second-order valence-electron chi connectivity index (χ2n) is 5.80. The fourth-order valence-corrected chi connectivity index (χ4v) is 2.63. The zero-order chi connectivity index (χ0) is 13.5. The molecule has 0 spiro atoms. The molecule has 2 nitrogen and oxygen atoms in total. The molecule has 0 aliphatic rings. The van der Waals surface area contributed by atoms with E-state index in [1.807, 2.05) is 0 Å². The molecule has 96 valence electrons. The lowest BCUT2D eigenvalue weighted by molar-refractivity contribution is 0.589. The highest BCUT2D eigenvalue weighted by atomic mass is 79.9. The Hall–Kier alpha value is -1.09. The summed E-state index contributed by atoms with van der Waals surface area (Å²) in [7, 11) is 0. The van der Waals surface area contributed by atoms with Crippen LogP contribution in [0.5, 0.6) is 0 Å². The maximum Gasteiger partial charge on any atom is 0.110 e. The van der Waals surface area contributed by atoms with Gasteiger partial charge in [0.1, 0.15) is 10.3 Å². The Balaban J connectivity index is 2.62. The fraction of sp³-hybridized carbons (Fsp3) is 0.400. The van der Waals surface area contributed by atoms with Crippen molar-refractivity contribution >= 4 is 15.9 Å². The van der Waals surface area contributed by atoms with Gasteiger partial charge in [-0.1, -0.05) is 32.9 Å². The van der Waals surface area contributed by atoms with E-state index >= 15 is 0 Å². The van der Waals surface area contributed by atoms with Crippen molar-refractivity contribution in [1.29, 1.82) is 0 Å². The van der Waals surface area contributed by atoms with Crippen LogP contribution >= 0.6 is 15.9 Å². The van der Waals surface area contributed by atoms with Crippen molar-refractivity contribution in [3.63, 3.8) is 0 Å². The van der Waals surface area contributed by atoms with Crippen LogP contribution in [-0.4, -0.2) is 9.97 Å². The molecule has 0 saturated carbocycles. The molecule has 18 heavy (non-hydrogen) atoms. The van der Waals surface area contributed by atoms with Crippen LogP contribution in [0.4, 0.5) is 0 Å². The van der Waals surface area contributed by atoms with Crippen molar-refractivity contribution in [3.05, 3.63) is 39.8 Å². The standard InChI is InChI=1S/C15H19BrN2/c1-9-6-11(15(3,4)5)7-10(2)12(9)13-14(16)18-8-17-13/h6-8H,1-5H3,(H,17,18). The quantitative estimate of drug-likeness (QED) is 0.809. The van der Waals surface area contributed by atoms with Crippen LogP contribution in [0.2, 0.25) is 0 Å². The number of imidazole rings is 1. The summed E-state index contributed by atoms with van der Waals surface area (Å²) < 4.78 is 0.942. The monoisotopic (exact) mass is 306 g/mol. The number of H-pyrrole nitrogens is 1. The molecule has 2 aromatic rings. The van der Waals surface area contributed by atoms with Gasteiger partial charge >= 0.3 is 0 Å². The molecule has 0 bridgehead atoms. The first-order valence-electron chi connectivity index (χ1n) is 6.11. The predicted octanol–water partition coefficient (Wildman–Crippen LogP) is 4.75. The van der Waals surface area contributed by atoms with Gasteiger partial charge in [0.2, 0.25) is 0 Å². The summed E-state index contributed by atoms with van der Waals surface area (Å²) >= 11 is 3.51. The third-order valence-corrected chi connectivity index (χ3v) is 3.83. The topological polar surface area (TPSA) is 28.7 Å². The van der Waals surface area contributed by atoms with E-state index in [9.17, 15) is 0 Å². The van der Waals surface area contributed by atoms with Crippen LogP contribution in [0.25, 0.3) is 11.3 Å². The summed E-state index contributed by atoms with van der Waals surface area (Å²) in [6.07, 6.45) is 1.72. The van der Waals surface area contributed by atoms with E-state index in [0.717, 1.165) is 10.3 Å². The van der Waals surface area contributed by atoms with Crippen LogP contribution in [-0.2, 0) is 5.41 Å². The number of hydrogen-bond acceptors (Lipinski definition) is 1. The van der Waals surface area contributed by atoms with Gasteiger partial charge in [-0.2, -0.15) is 0 Å². The molecular formula is C15H19BrN2. The molecule has 0 saturated heterocycles. The number of hydrogen-bond donors (Lipinski definition) is 1. The molecule has 0 aliphatic carbocycles. The molecule has 0 amide bonds. The maximum atomic E-state index is 4.40. The lowest BCUT2D eigenvalue weighted by atomic mass is 9.83. The minimum absolute atomic E-state index is 0.177. The molecule has 1 aromatic carbocycles. The largest absolute Gasteiger partial charge is 0.339 e. The second-order valence-corrected chi connectivity index (χ2v) is 6.59. The number of aryl methyl sites for hydroxylation is 2. The van der Waals surface area contributed by atoms with Crippen molar-refractivity contribution in [2.24, 2.45) is 0 Å². The lowest BCUT2D eigenvalue weighted by Gasteiger charge is -2.22. The third-order valence-electron chi connectivity index (χ3n) is 3.23. The van der Waals surface area contributed by atoms with Gasteiger partial charge in [-0.3, -0.25) is 0 Å². The molecule has 0 fully saturated rings. The van der Waals surface area contributed by atoms with Gasteiger partial charge in [-0.25, -0.2) is 4.98 Å². The SMILES string of the molecule is Cc1cc(C(C)(C)C)cc(C)c1-c1nc[nH]c1Br.